The number of carbonyl (C=O) groups excluding carboxylic acids is 2. The van der Waals surface area contributed by atoms with E-state index in [1.165, 1.54) is 30.3 Å². The van der Waals surface area contributed by atoms with Crippen LogP contribution in [0.2, 0.25) is 0 Å². The van der Waals surface area contributed by atoms with E-state index < -0.39 is 22.9 Å². The van der Waals surface area contributed by atoms with Crippen molar-refractivity contribution in [2.75, 3.05) is 13.2 Å². The molecule has 32 heavy (non-hydrogen) atoms. The summed E-state index contributed by atoms with van der Waals surface area (Å²) in [6, 6.07) is 16.8. The maximum Gasteiger partial charge on any atom is 0.416 e. The number of imide groups is 1. The molecule has 1 aromatic heterocycles. The standard InChI is InChI=1S/C23H16F3NO4S/c24-23(25,26)16-6-4-5-15(13-16)19-10-9-18(31-19)14-20-21(28)27(22(29)32-20)11-12-30-17-7-2-1-3-8-17/h1-10,13-14H,11-12H2/b20-14-. The lowest BCUT2D eigenvalue weighted by Crippen LogP contribution is -2.32. The summed E-state index contributed by atoms with van der Waals surface area (Å²) in [5.41, 5.74) is -0.530. The van der Waals surface area contributed by atoms with Gasteiger partial charge in [-0.25, -0.2) is 0 Å². The Hall–Kier alpha value is -3.46. The number of hydrogen-bond donors (Lipinski definition) is 0. The highest BCUT2D eigenvalue weighted by atomic mass is 32.2. The summed E-state index contributed by atoms with van der Waals surface area (Å²) in [6.45, 7) is 0.236. The molecule has 9 heteroatoms. The van der Waals surface area contributed by atoms with Crippen molar-refractivity contribution in [2.24, 2.45) is 0 Å². The SMILES string of the molecule is O=C1S/C(=C\c2ccc(-c3cccc(C(F)(F)F)c3)o2)C(=O)N1CCOc1ccccc1. The minimum atomic E-state index is -4.46. The van der Waals surface area contributed by atoms with Gasteiger partial charge in [-0.3, -0.25) is 14.5 Å². The van der Waals surface area contributed by atoms with Crippen molar-refractivity contribution in [3.8, 4) is 17.1 Å². The molecule has 1 aliphatic rings. The lowest BCUT2D eigenvalue weighted by molar-refractivity contribution is -0.137. The van der Waals surface area contributed by atoms with Crippen LogP contribution in [-0.2, 0) is 11.0 Å². The molecule has 0 N–H and O–H groups in total. The molecule has 4 rings (SSSR count). The zero-order valence-electron chi connectivity index (χ0n) is 16.5. The molecule has 0 bridgehead atoms. The van der Waals surface area contributed by atoms with Gasteiger partial charge in [0.1, 0.15) is 23.9 Å². The molecule has 2 heterocycles. The van der Waals surface area contributed by atoms with Gasteiger partial charge in [0, 0.05) is 11.6 Å². The van der Waals surface area contributed by atoms with Gasteiger partial charge in [0.15, 0.2) is 0 Å². The molecule has 5 nitrogen and oxygen atoms in total. The maximum atomic E-state index is 12.9. The van der Waals surface area contributed by atoms with E-state index in [1.807, 2.05) is 18.2 Å². The molecule has 3 aromatic rings. The molecular weight excluding hydrogens is 443 g/mol. The van der Waals surface area contributed by atoms with Crippen molar-refractivity contribution in [2.45, 2.75) is 6.18 Å². The number of amides is 2. The van der Waals surface area contributed by atoms with Crippen LogP contribution in [0.25, 0.3) is 17.4 Å². The molecule has 1 aliphatic heterocycles. The lowest BCUT2D eigenvalue weighted by Gasteiger charge is -2.13. The quantitative estimate of drug-likeness (QED) is 0.418. The summed E-state index contributed by atoms with van der Waals surface area (Å²) in [5.74, 6) is 0.627. The van der Waals surface area contributed by atoms with Gasteiger partial charge in [0.25, 0.3) is 11.1 Å². The number of halogens is 3. The van der Waals surface area contributed by atoms with Crippen LogP contribution < -0.4 is 4.74 Å². The Kier molecular flexibility index (Phi) is 6.09. The Labute approximate surface area is 185 Å². The predicted octanol–water partition coefficient (Wildman–Crippen LogP) is 6.08. The third-order valence-corrected chi connectivity index (χ3v) is 5.48. The molecule has 0 saturated carbocycles. The summed E-state index contributed by atoms with van der Waals surface area (Å²) in [4.78, 5) is 26.1. The van der Waals surface area contributed by atoms with Crippen LogP contribution in [0.4, 0.5) is 18.0 Å². The van der Waals surface area contributed by atoms with E-state index >= 15 is 0 Å². The zero-order chi connectivity index (χ0) is 22.7. The molecular formula is C23H16F3NO4S. The predicted molar refractivity (Wildman–Crippen MR) is 114 cm³/mol. The van der Waals surface area contributed by atoms with Crippen molar-refractivity contribution in [3.63, 3.8) is 0 Å². The number of hydrogen-bond acceptors (Lipinski definition) is 5. The smallest absolute Gasteiger partial charge is 0.416 e. The number of carbonyl (C=O) groups is 2. The van der Waals surface area contributed by atoms with Gasteiger partial charge in [-0.2, -0.15) is 13.2 Å². The fraction of sp³-hybridized carbons (Fsp3) is 0.130. The second-order valence-corrected chi connectivity index (χ2v) is 7.77. The first-order chi connectivity index (χ1) is 15.3. The van der Waals surface area contributed by atoms with Crippen molar-refractivity contribution in [1.82, 2.24) is 4.90 Å². The van der Waals surface area contributed by atoms with Crippen molar-refractivity contribution in [1.29, 1.82) is 0 Å². The van der Waals surface area contributed by atoms with E-state index in [4.69, 9.17) is 9.15 Å². The summed E-state index contributed by atoms with van der Waals surface area (Å²) < 4.78 is 49.9. The number of ether oxygens (including phenoxy) is 1. The molecule has 0 spiro atoms. The lowest BCUT2D eigenvalue weighted by atomic mass is 10.1. The van der Waals surface area contributed by atoms with Gasteiger partial charge in [0.2, 0.25) is 0 Å². The number of nitrogens with zero attached hydrogens (tertiary/aromatic N) is 1. The van der Waals surface area contributed by atoms with Crippen LogP contribution in [0.3, 0.4) is 0 Å². The van der Waals surface area contributed by atoms with Gasteiger partial charge >= 0.3 is 6.18 Å². The minimum absolute atomic E-state index is 0.0878. The first kappa shape index (κ1) is 21.8. The fourth-order valence-electron chi connectivity index (χ4n) is 3.03. The first-order valence-corrected chi connectivity index (χ1v) is 10.3. The monoisotopic (exact) mass is 459 g/mol. The number of alkyl halides is 3. The van der Waals surface area contributed by atoms with Crippen LogP contribution >= 0.6 is 11.8 Å². The van der Waals surface area contributed by atoms with Crippen LogP contribution in [-0.4, -0.2) is 29.2 Å². The molecule has 1 fully saturated rings. The van der Waals surface area contributed by atoms with E-state index in [0.29, 0.717) is 5.75 Å². The Morgan fingerprint density at radius 2 is 1.78 bits per heavy atom. The summed E-state index contributed by atoms with van der Waals surface area (Å²) in [7, 11) is 0. The van der Waals surface area contributed by atoms with Crippen molar-refractivity contribution >= 4 is 29.0 Å². The molecule has 164 valence electrons. The highest BCUT2D eigenvalue weighted by molar-refractivity contribution is 8.18. The third kappa shape index (κ3) is 4.88. The number of thioether (sulfide) groups is 1. The number of benzene rings is 2. The zero-order valence-corrected chi connectivity index (χ0v) is 17.3. The molecule has 0 radical (unpaired) electrons. The Morgan fingerprint density at radius 1 is 1.00 bits per heavy atom. The Morgan fingerprint density at radius 3 is 2.53 bits per heavy atom. The van der Waals surface area contributed by atoms with E-state index in [1.54, 1.807) is 12.1 Å². The summed E-state index contributed by atoms with van der Waals surface area (Å²) in [6.07, 6.45) is -3.06. The topological polar surface area (TPSA) is 59.8 Å². The number of rotatable bonds is 6. The van der Waals surface area contributed by atoms with Gasteiger partial charge in [-0.1, -0.05) is 30.3 Å². The summed E-state index contributed by atoms with van der Waals surface area (Å²) >= 11 is 0.768. The number of furan rings is 1. The highest BCUT2D eigenvalue weighted by Crippen LogP contribution is 2.35. The fourth-order valence-corrected chi connectivity index (χ4v) is 3.87. The van der Waals surface area contributed by atoms with E-state index in [9.17, 15) is 22.8 Å². The molecule has 2 amide bonds. The molecule has 1 saturated heterocycles. The van der Waals surface area contributed by atoms with Gasteiger partial charge < -0.3 is 9.15 Å². The second-order valence-electron chi connectivity index (χ2n) is 6.78. The second kappa shape index (κ2) is 8.96. The highest BCUT2D eigenvalue weighted by Gasteiger charge is 2.35. The summed E-state index contributed by atoms with van der Waals surface area (Å²) in [5, 5.41) is -0.428. The Balaban J connectivity index is 1.44. The Bertz CT molecular complexity index is 1170. The van der Waals surface area contributed by atoms with E-state index in [0.717, 1.165) is 28.8 Å². The van der Waals surface area contributed by atoms with Gasteiger partial charge in [-0.05, 0) is 48.2 Å². The molecule has 0 aliphatic carbocycles. The molecule has 0 atom stereocenters. The number of para-hydroxylation sites is 1. The molecule has 2 aromatic carbocycles. The minimum Gasteiger partial charge on any atom is -0.492 e. The first-order valence-electron chi connectivity index (χ1n) is 9.52. The van der Waals surface area contributed by atoms with Crippen LogP contribution in [0.1, 0.15) is 11.3 Å². The largest absolute Gasteiger partial charge is 0.492 e. The van der Waals surface area contributed by atoms with Crippen LogP contribution in [0.5, 0.6) is 5.75 Å². The average Bonchev–Trinajstić information content (AvgIpc) is 3.34. The van der Waals surface area contributed by atoms with Gasteiger partial charge in [-0.15, -0.1) is 0 Å². The molecule has 0 unspecified atom stereocenters. The van der Waals surface area contributed by atoms with Crippen molar-refractivity contribution in [3.05, 3.63) is 83.0 Å². The van der Waals surface area contributed by atoms with E-state index in [2.05, 4.69) is 0 Å². The van der Waals surface area contributed by atoms with E-state index in [-0.39, 0.29) is 35.1 Å². The van der Waals surface area contributed by atoms with Crippen LogP contribution in [0, 0.1) is 0 Å². The average molecular weight is 459 g/mol. The van der Waals surface area contributed by atoms with Crippen LogP contribution in [0.15, 0.2) is 76.1 Å². The third-order valence-electron chi connectivity index (χ3n) is 4.57. The normalized spacial score (nSPS) is 15.6. The van der Waals surface area contributed by atoms with Crippen molar-refractivity contribution < 1.29 is 31.9 Å². The maximum absolute atomic E-state index is 12.9. The van der Waals surface area contributed by atoms with Gasteiger partial charge in [0.05, 0.1) is 17.0 Å².